The first kappa shape index (κ1) is 17.0. The van der Waals surface area contributed by atoms with Crippen LogP contribution in [0.2, 0.25) is 0 Å². The molecule has 0 fully saturated rings. The zero-order valence-electron chi connectivity index (χ0n) is 13.1. The first-order chi connectivity index (χ1) is 11.8. The Labute approximate surface area is 143 Å². The number of hydrogen-bond donors (Lipinski definition) is 1. The van der Waals surface area contributed by atoms with Gasteiger partial charge in [-0.1, -0.05) is 0 Å². The summed E-state index contributed by atoms with van der Waals surface area (Å²) >= 11 is 1.13. The van der Waals surface area contributed by atoms with Crippen LogP contribution in [0.5, 0.6) is 5.75 Å². The highest BCUT2D eigenvalue weighted by atomic mass is 32.1. The van der Waals surface area contributed by atoms with Crippen molar-refractivity contribution in [3.63, 3.8) is 0 Å². The lowest BCUT2D eigenvalue weighted by Crippen LogP contribution is -2.31. The maximum atomic E-state index is 13.6. The van der Waals surface area contributed by atoms with Gasteiger partial charge in [0.1, 0.15) is 17.3 Å². The third-order valence-corrected chi connectivity index (χ3v) is 4.08. The molecule has 1 N–H and O–H groups in total. The second kappa shape index (κ2) is 6.55. The third-order valence-electron chi connectivity index (χ3n) is 3.26. The Balaban J connectivity index is 1.77. The molecule has 10 heteroatoms. The Hall–Kier alpha value is -2.88. The van der Waals surface area contributed by atoms with E-state index in [9.17, 15) is 18.4 Å². The van der Waals surface area contributed by atoms with Gasteiger partial charge < -0.3 is 10.1 Å². The quantitative estimate of drug-likeness (QED) is 0.765. The van der Waals surface area contributed by atoms with Crippen molar-refractivity contribution in [1.29, 1.82) is 0 Å². The van der Waals surface area contributed by atoms with Crippen molar-refractivity contribution in [3.05, 3.63) is 51.3 Å². The molecule has 1 aromatic carbocycles. The van der Waals surface area contributed by atoms with Gasteiger partial charge in [0.05, 0.1) is 0 Å². The summed E-state index contributed by atoms with van der Waals surface area (Å²) in [4.78, 5) is 27.9. The average molecular weight is 366 g/mol. The number of anilines is 1. The standard InChI is InChI=1S/C15H12F2N4O3S/c1-7-13(22)19-15-21(20-7)12(6-25-15)18-14(23)8(2)24-11-4-3-9(16)5-10(11)17/h3-6,8H,1-2H3,(H,18,23). The molecule has 0 saturated carbocycles. The number of nitrogens with one attached hydrogen (secondary N) is 1. The van der Waals surface area contributed by atoms with Crippen LogP contribution in [0.4, 0.5) is 14.6 Å². The smallest absolute Gasteiger partial charge is 0.295 e. The van der Waals surface area contributed by atoms with Crippen LogP contribution in [-0.4, -0.2) is 26.6 Å². The van der Waals surface area contributed by atoms with Crippen molar-refractivity contribution in [2.75, 3.05) is 5.32 Å². The summed E-state index contributed by atoms with van der Waals surface area (Å²) in [6.07, 6.45) is -1.05. The topological polar surface area (TPSA) is 85.6 Å². The number of fused-ring (bicyclic) bond motifs is 1. The molecule has 1 unspecified atom stereocenters. The molecule has 0 radical (unpaired) electrons. The van der Waals surface area contributed by atoms with Crippen LogP contribution in [-0.2, 0) is 4.79 Å². The maximum Gasteiger partial charge on any atom is 0.295 e. The zero-order valence-corrected chi connectivity index (χ0v) is 13.9. The number of carbonyl (C=O) groups excluding carboxylic acids is 1. The number of rotatable bonds is 4. The van der Waals surface area contributed by atoms with Gasteiger partial charge in [0, 0.05) is 11.4 Å². The van der Waals surface area contributed by atoms with Gasteiger partial charge >= 0.3 is 0 Å². The number of halogens is 2. The molecule has 25 heavy (non-hydrogen) atoms. The normalized spacial score (nSPS) is 12.2. The number of aromatic nitrogens is 3. The Morgan fingerprint density at radius 3 is 2.88 bits per heavy atom. The van der Waals surface area contributed by atoms with Gasteiger partial charge in [0.2, 0.25) is 4.96 Å². The number of nitrogens with zero attached hydrogens (tertiary/aromatic N) is 3. The average Bonchev–Trinajstić information content (AvgIpc) is 2.92. The van der Waals surface area contributed by atoms with Crippen LogP contribution in [0.1, 0.15) is 12.6 Å². The van der Waals surface area contributed by atoms with E-state index in [2.05, 4.69) is 15.4 Å². The van der Waals surface area contributed by atoms with Crippen molar-refractivity contribution in [2.45, 2.75) is 20.0 Å². The van der Waals surface area contributed by atoms with Gasteiger partial charge in [0.15, 0.2) is 17.7 Å². The second-order valence-electron chi connectivity index (χ2n) is 5.14. The van der Waals surface area contributed by atoms with Crippen molar-refractivity contribution in [3.8, 4) is 5.75 Å². The second-order valence-corrected chi connectivity index (χ2v) is 5.98. The Kier molecular flexibility index (Phi) is 4.45. The molecular formula is C15H12F2N4O3S. The Bertz CT molecular complexity index is 1020. The molecular weight excluding hydrogens is 354 g/mol. The van der Waals surface area contributed by atoms with Gasteiger partial charge in [-0.3, -0.25) is 9.59 Å². The monoisotopic (exact) mass is 366 g/mol. The minimum Gasteiger partial charge on any atom is -0.478 e. The predicted octanol–water partition coefficient (Wildman–Crippen LogP) is 2.14. The van der Waals surface area contributed by atoms with Gasteiger partial charge in [-0.25, -0.2) is 8.78 Å². The molecule has 0 aliphatic rings. The van der Waals surface area contributed by atoms with Crippen molar-refractivity contribution in [2.24, 2.45) is 0 Å². The van der Waals surface area contributed by atoms with Crippen LogP contribution in [0.15, 0.2) is 28.4 Å². The van der Waals surface area contributed by atoms with E-state index in [-0.39, 0.29) is 11.4 Å². The Morgan fingerprint density at radius 2 is 2.16 bits per heavy atom. The van der Waals surface area contributed by atoms with E-state index in [1.165, 1.54) is 18.4 Å². The summed E-state index contributed by atoms with van der Waals surface area (Å²) < 4.78 is 33.0. The molecule has 1 atom stereocenters. The molecule has 2 heterocycles. The fraction of sp³-hybridized carbons (Fsp3) is 0.200. The number of ether oxygens (including phenoxy) is 1. The van der Waals surface area contributed by atoms with Gasteiger partial charge in [0.25, 0.3) is 11.5 Å². The minimum absolute atomic E-state index is 0.184. The summed E-state index contributed by atoms with van der Waals surface area (Å²) in [5, 5.41) is 8.19. The van der Waals surface area contributed by atoms with E-state index in [4.69, 9.17) is 4.74 Å². The molecule has 7 nitrogen and oxygen atoms in total. The van der Waals surface area contributed by atoms with Crippen molar-refractivity contribution in [1.82, 2.24) is 14.6 Å². The first-order valence-electron chi connectivity index (χ1n) is 7.13. The van der Waals surface area contributed by atoms with Crippen LogP contribution in [0.25, 0.3) is 4.96 Å². The van der Waals surface area contributed by atoms with E-state index < -0.39 is 29.2 Å². The molecule has 0 aliphatic heterocycles. The van der Waals surface area contributed by atoms with Crippen molar-refractivity contribution < 1.29 is 18.3 Å². The SMILES string of the molecule is Cc1nn2c(NC(=O)C(C)Oc3ccc(F)cc3F)csc2nc1=O. The summed E-state index contributed by atoms with van der Waals surface area (Å²) in [7, 11) is 0. The lowest BCUT2D eigenvalue weighted by molar-refractivity contribution is -0.122. The zero-order chi connectivity index (χ0) is 18.1. The molecule has 3 aromatic rings. The van der Waals surface area contributed by atoms with Crippen LogP contribution >= 0.6 is 11.3 Å². The largest absolute Gasteiger partial charge is 0.478 e. The van der Waals surface area contributed by atoms with E-state index in [1.807, 2.05) is 0 Å². The van der Waals surface area contributed by atoms with Crippen LogP contribution < -0.4 is 15.6 Å². The number of hydrogen-bond acceptors (Lipinski definition) is 6. The number of amides is 1. The van der Waals surface area contributed by atoms with Crippen molar-refractivity contribution >= 4 is 28.0 Å². The lowest BCUT2D eigenvalue weighted by atomic mass is 10.3. The number of benzene rings is 1. The Morgan fingerprint density at radius 1 is 1.40 bits per heavy atom. The molecule has 3 rings (SSSR count). The molecule has 130 valence electrons. The number of carbonyl (C=O) groups is 1. The highest BCUT2D eigenvalue weighted by Gasteiger charge is 2.19. The van der Waals surface area contributed by atoms with E-state index in [0.717, 1.165) is 23.5 Å². The highest BCUT2D eigenvalue weighted by molar-refractivity contribution is 7.15. The molecule has 0 saturated heterocycles. The summed E-state index contributed by atoms with van der Waals surface area (Å²) in [5.74, 6) is -2.15. The minimum atomic E-state index is -1.05. The first-order valence-corrected chi connectivity index (χ1v) is 8.01. The van der Waals surface area contributed by atoms with Gasteiger partial charge in [-0.05, 0) is 26.0 Å². The van der Waals surface area contributed by atoms with Crippen LogP contribution in [0, 0.1) is 18.6 Å². The van der Waals surface area contributed by atoms with E-state index >= 15 is 0 Å². The lowest BCUT2D eigenvalue weighted by Gasteiger charge is -2.14. The van der Waals surface area contributed by atoms with Gasteiger partial charge in [-0.15, -0.1) is 11.3 Å². The fourth-order valence-corrected chi connectivity index (χ4v) is 2.72. The highest BCUT2D eigenvalue weighted by Crippen LogP contribution is 2.20. The number of aryl methyl sites for hydroxylation is 1. The van der Waals surface area contributed by atoms with Gasteiger partial charge in [-0.2, -0.15) is 14.6 Å². The van der Waals surface area contributed by atoms with Crippen LogP contribution in [0.3, 0.4) is 0 Å². The number of thiazole rings is 1. The fourth-order valence-electron chi connectivity index (χ4n) is 1.97. The molecule has 1 amide bonds. The third kappa shape index (κ3) is 3.48. The summed E-state index contributed by atoms with van der Waals surface area (Å²) in [6, 6.07) is 2.80. The predicted molar refractivity (Wildman–Crippen MR) is 86.9 cm³/mol. The molecule has 0 aliphatic carbocycles. The molecule has 0 spiro atoms. The summed E-state index contributed by atoms with van der Waals surface area (Å²) in [6.45, 7) is 2.93. The van der Waals surface area contributed by atoms with E-state index in [0.29, 0.717) is 16.8 Å². The summed E-state index contributed by atoms with van der Waals surface area (Å²) in [5.41, 5.74) is -0.257. The molecule has 2 aromatic heterocycles. The maximum absolute atomic E-state index is 13.6. The molecule has 0 bridgehead atoms. The van der Waals surface area contributed by atoms with E-state index in [1.54, 1.807) is 5.38 Å².